The number of nitrogens with zero attached hydrogens (tertiary/aromatic N) is 2. The first-order valence-electron chi connectivity index (χ1n) is 7.57. The molecule has 0 bridgehead atoms. The molecule has 0 spiro atoms. The van der Waals surface area contributed by atoms with Gasteiger partial charge in [-0.2, -0.15) is 0 Å². The minimum atomic E-state index is -0.342. The first-order valence-corrected chi connectivity index (χ1v) is 7.57. The SMILES string of the molecule is CCC(c1cccc([N+](=O)[O-])c1)N(C)CCC(N)C(C)C. The lowest BCUT2D eigenvalue weighted by Crippen LogP contribution is -2.33. The number of hydrogen-bond acceptors (Lipinski definition) is 4. The Labute approximate surface area is 127 Å². The lowest BCUT2D eigenvalue weighted by atomic mass is 9.99. The third-order valence-corrected chi connectivity index (χ3v) is 4.06. The highest BCUT2D eigenvalue weighted by atomic mass is 16.6. The van der Waals surface area contributed by atoms with E-state index in [4.69, 9.17) is 5.73 Å². The summed E-state index contributed by atoms with van der Waals surface area (Å²) in [5, 5.41) is 10.9. The summed E-state index contributed by atoms with van der Waals surface area (Å²) >= 11 is 0. The van der Waals surface area contributed by atoms with Crippen molar-refractivity contribution in [3.05, 3.63) is 39.9 Å². The van der Waals surface area contributed by atoms with Crippen molar-refractivity contribution in [3.8, 4) is 0 Å². The Hall–Kier alpha value is -1.46. The van der Waals surface area contributed by atoms with Gasteiger partial charge in [0.2, 0.25) is 0 Å². The molecule has 118 valence electrons. The summed E-state index contributed by atoms with van der Waals surface area (Å²) in [6.45, 7) is 7.24. The van der Waals surface area contributed by atoms with E-state index in [0.29, 0.717) is 5.92 Å². The predicted octanol–water partition coefficient (Wildman–Crippen LogP) is 3.35. The molecule has 0 amide bonds. The number of nitrogens with two attached hydrogens (primary N) is 1. The third kappa shape index (κ3) is 5.10. The number of hydrogen-bond donors (Lipinski definition) is 1. The minimum absolute atomic E-state index is 0.151. The van der Waals surface area contributed by atoms with E-state index < -0.39 is 0 Å². The highest BCUT2D eigenvalue weighted by Crippen LogP contribution is 2.26. The Balaban J connectivity index is 2.77. The molecule has 5 heteroatoms. The van der Waals surface area contributed by atoms with E-state index >= 15 is 0 Å². The van der Waals surface area contributed by atoms with Gasteiger partial charge in [-0.3, -0.25) is 15.0 Å². The van der Waals surface area contributed by atoms with E-state index in [9.17, 15) is 10.1 Å². The van der Waals surface area contributed by atoms with Crippen molar-refractivity contribution in [2.45, 2.75) is 45.7 Å². The van der Waals surface area contributed by atoms with Crippen LogP contribution in [0.15, 0.2) is 24.3 Å². The van der Waals surface area contributed by atoms with Gasteiger partial charge in [-0.05, 0) is 37.9 Å². The van der Waals surface area contributed by atoms with Gasteiger partial charge in [-0.15, -0.1) is 0 Å². The lowest BCUT2D eigenvalue weighted by molar-refractivity contribution is -0.385. The number of nitro benzene ring substituents is 1. The summed E-state index contributed by atoms with van der Waals surface area (Å²) in [5.41, 5.74) is 7.24. The molecule has 0 saturated carbocycles. The van der Waals surface area contributed by atoms with E-state index in [1.807, 2.05) is 6.07 Å². The molecule has 5 nitrogen and oxygen atoms in total. The van der Waals surface area contributed by atoms with Crippen molar-refractivity contribution in [2.75, 3.05) is 13.6 Å². The van der Waals surface area contributed by atoms with E-state index in [-0.39, 0.29) is 22.7 Å². The highest BCUT2D eigenvalue weighted by Gasteiger charge is 2.18. The number of nitro groups is 1. The van der Waals surface area contributed by atoms with Gasteiger partial charge in [0.15, 0.2) is 0 Å². The largest absolute Gasteiger partial charge is 0.327 e. The average molecular weight is 293 g/mol. The normalized spacial score (nSPS) is 14.4. The first kappa shape index (κ1) is 17.6. The predicted molar refractivity (Wildman–Crippen MR) is 86.2 cm³/mol. The van der Waals surface area contributed by atoms with Gasteiger partial charge in [0.25, 0.3) is 5.69 Å². The molecule has 2 N–H and O–H groups in total. The molecule has 0 saturated heterocycles. The monoisotopic (exact) mass is 293 g/mol. The molecule has 0 heterocycles. The summed E-state index contributed by atoms with van der Waals surface area (Å²) in [4.78, 5) is 12.8. The fourth-order valence-electron chi connectivity index (χ4n) is 2.49. The van der Waals surface area contributed by atoms with E-state index in [1.54, 1.807) is 12.1 Å². The fraction of sp³-hybridized carbons (Fsp3) is 0.625. The smallest absolute Gasteiger partial charge is 0.269 e. The van der Waals surface area contributed by atoms with Crippen molar-refractivity contribution in [1.82, 2.24) is 4.90 Å². The summed E-state index contributed by atoms with van der Waals surface area (Å²) in [5.74, 6) is 0.469. The summed E-state index contributed by atoms with van der Waals surface area (Å²) in [6, 6.07) is 7.29. The molecule has 1 aromatic rings. The molecule has 0 radical (unpaired) electrons. The first-order chi connectivity index (χ1) is 9.86. The van der Waals surface area contributed by atoms with Crippen molar-refractivity contribution < 1.29 is 4.92 Å². The van der Waals surface area contributed by atoms with Crippen LogP contribution in [0.25, 0.3) is 0 Å². The molecule has 21 heavy (non-hydrogen) atoms. The van der Waals surface area contributed by atoms with Crippen molar-refractivity contribution >= 4 is 5.69 Å². The van der Waals surface area contributed by atoms with Crippen LogP contribution in [-0.4, -0.2) is 29.5 Å². The van der Waals surface area contributed by atoms with E-state index in [2.05, 4.69) is 32.7 Å². The van der Waals surface area contributed by atoms with Crippen LogP contribution in [0.5, 0.6) is 0 Å². The summed E-state index contributed by atoms with van der Waals surface area (Å²) in [6.07, 6.45) is 1.84. The van der Waals surface area contributed by atoms with Crippen molar-refractivity contribution in [2.24, 2.45) is 11.7 Å². The van der Waals surface area contributed by atoms with Gasteiger partial charge in [0.05, 0.1) is 4.92 Å². The maximum absolute atomic E-state index is 10.9. The van der Waals surface area contributed by atoms with Crippen LogP contribution in [0, 0.1) is 16.0 Å². The number of non-ortho nitro benzene ring substituents is 1. The van der Waals surface area contributed by atoms with Crippen LogP contribution in [0.3, 0.4) is 0 Å². The Morgan fingerprint density at radius 2 is 2.05 bits per heavy atom. The Morgan fingerprint density at radius 1 is 1.38 bits per heavy atom. The van der Waals surface area contributed by atoms with E-state index in [1.165, 1.54) is 6.07 Å². The second-order valence-corrected chi connectivity index (χ2v) is 5.95. The Bertz CT molecular complexity index is 463. The fourth-order valence-corrected chi connectivity index (χ4v) is 2.49. The average Bonchev–Trinajstić information content (AvgIpc) is 2.45. The molecule has 2 atom stereocenters. The minimum Gasteiger partial charge on any atom is -0.327 e. The molecule has 0 aliphatic carbocycles. The number of rotatable bonds is 8. The van der Waals surface area contributed by atoms with Crippen LogP contribution in [-0.2, 0) is 0 Å². The summed E-state index contributed by atoms with van der Waals surface area (Å²) in [7, 11) is 2.06. The highest BCUT2D eigenvalue weighted by molar-refractivity contribution is 5.35. The zero-order chi connectivity index (χ0) is 16.0. The lowest BCUT2D eigenvalue weighted by Gasteiger charge is -2.29. The zero-order valence-electron chi connectivity index (χ0n) is 13.5. The maximum Gasteiger partial charge on any atom is 0.269 e. The molecule has 0 fully saturated rings. The van der Waals surface area contributed by atoms with Crippen molar-refractivity contribution in [1.29, 1.82) is 0 Å². The van der Waals surface area contributed by atoms with Gasteiger partial charge >= 0.3 is 0 Å². The molecule has 2 unspecified atom stereocenters. The molecule has 0 aliphatic heterocycles. The second kappa shape index (κ2) is 8.10. The van der Waals surface area contributed by atoms with Crippen LogP contribution in [0.2, 0.25) is 0 Å². The van der Waals surface area contributed by atoms with Gasteiger partial charge in [-0.25, -0.2) is 0 Å². The second-order valence-electron chi connectivity index (χ2n) is 5.95. The molecule has 0 aromatic heterocycles. The van der Waals surface area contributed by atoms with Gasteiger partial charge < -0.3 is 5.73 Å². The quantitative estimate of drug-likeness (QED) is 0.589. The Morgan fingerprint density at radius 3 is 2.57 bits per heavy atom. The van der Waals surface area contributed by atoms with Crippen LogP contribution < -0.4 is 5.73 Å². The number of benzene rings is 1. The van der Waals surface area contributed by atoms with Crippen molar-refractivity contribution in [3.63, 3.8) is 0 Å². The maximum atomic E-state index is 10.9. The van der Waals surface area contributed by atoms with Gasteiger partial charge in [0.1, 0.15) is 0 Å². The van der Waals surface area contributed by atoms with Gasteiger partial charge in [0, 0.05) is 24.2 Å². The van der Waals surface area contributed by atoms with Crippen LogP contribution >= 0.6 is 0 Å². The van der Waals surface area contributed by atoms with Crippen LogP contribution in [0.4, 0.5) is 5.69 Å². The standard InChI is InChI=1S/C16H27N3O2/c1-5-16(18(4)10-9-15(17)12(2)3)13-7-6-8-14(11-13)19(20)21/h6-8,11-12,15-16H,5,9-10,17H2,1-4H3. The molecule has 0 aliphatic rings. The van der Waals surface area contributed by atoms with Gasteiger partial charge in [-0.1, -0.05) is 32.9 Å². The Kier molecular flexibility index (Phi) is 6.78. The molecule has 1 rings (SSSR count). The summed E-state index contributed by atoms with van der Waals surface area (Å²) < 4.78 is 0. The topological polar surface area (TPSA) is 72.4 Å². The third-order valence-electron chi connectivity index (χ3n) is 4.06. The van der Waals surface area contributed by atoms with Crippen LogP contribution in [0.1, 0.15) is 45.2 Å². The zero-order valence-corrected chi connectivity index (χ0v) is 13.5. The van der Waals surface area contributed by atoms with E-state index in [0.717, 1.165) is 24.9 Å². The molecular formula is C16H27N3O2. The molecule has 1 aromatic carbocycles. The molecular weight excluding hydrogens is 266 g/mol.